The van der Waals surface area contributed by atoms with Crippen molar-refractivity contribution in [1.29, 1.82) is 0 Å². The highest BCUT2D eigenvalue weighted by Crippen LogP contribution is 2.18. The molecule has 0 saturated carbocycles. The van der Waals surface area contributed by atoms with Crippen molar-refractivity contribution in [1.82, 2.24) is 20.0 Å². The van der Waals surface area contributed by atoms with E-state index in [-0.39, 0.29) is 42.2 Å². The van der Waals surface area contributed by atoms with Crippen LogP contribution < -0.4 is 5.32 Å². The van der Waals surface area contributed by atoms with Gasteiger partial charge in [-0.05, 0) is 50.5 Å². The third-order valence-electron chi connectivity index (χ3n) is 7.82. The Hall–Kier alpha value is -3.13. The molecule has 2 aliphatic rings. The molecule has 2 saturated heterocycles. The normalized spacial score (nSPS) is 18.5. The predicted molar refractivity (Wildman–Crippen MR) is 169 cm³/mol. The Balaban J connectivity index is 1.33. The number of halogens is 2. The van der Waals surface area contributed by atoms with Gasteiger partial charge in [0.1, 0.15) is 0 Å². The predicted octanol–water partition coefficient (Wildman–Crippen LogP) is 4.70. The van der Waals surface area contributed by atoms with Crippen LogP contribution in [-0.4, -0.2) is 89.7 Å². The summed E-state index contributed by atoms with van der Waals surface area (Å²) in [6.07, 6.45) is 7.44. The number of benzene rings is 2. The van der Waals surface area contributed by atoms with Crippen LogP contribution in [0.4, 0.5) is 0 Å². The van der Waals surface area contributed by atoms with Crippen molar-refractivity contribution >= 4 is 40.9 Å². The van der Waals surface area contributed by atoms with Gasteiger partial charge in [-0.1, -0.05) is 71.3 Å². The third-order valence-corrected chi connectivity index (χ3v) is 8.50. The molecule has 7 nitrogen and oxygen atoms in total. The van der Waals surface area contributed by atoms with Crippen LogP contribution >= 0.6 is 23.2 Å². The second-order valence-electron chi connectivity index (χ2n) is 11.1. The molecule has 1 atom stereocenters. The fourth-order valence-electron chi connectivity index (χ4n) is 5.63. The zero-order valence-corrected chi connectivity index (χ0v) is 25.9. The molecule has 0 radical (unpaired) electrons. The zero-order chi connectivity index (χ0) is 30.1. The monoisotopic (exact) mass is 610 g/mol. The van der Waals surface area contributed by atoms with E-state index < -0.39 is 0 Å². The summed E-state index contributed by atoms with van der Waals surface area (Å²) in [5.41, 5.74) is 3.77. The number of aryl methyl sites for hydroxylation is 2. The highest BCUT2D eigenvalue weighted by molar-refractivity contribution is 6.35. The number of amides is 3. The fraction of sp³-hybridized carbons (Fsp3) is 0.424. The highest BCUT2D eigenvalue weighted by atomic mass is 35.5. The summed E-state index contributed by atoms with van der Waals surface area (Å²) in [4.78, 5) is 45.1. The molecule has 0 aliphatic carbocycles. The lowest BCUT2D eigenvalue weighted by Crippen LogP contribution is -2.58. The van der Waals surface area contributed by atoms with E-state index in [1.165, 1.54) is 0 Å². The molecule has 3 amide bonds. The van der Waals surface area contributed by atoms with Crippen LogP contribution in [0.15, 0.2) is 71.8 Å². The van der Waals surface area contributed by atoms with Crippen molar-refractivity contribution in [2.24, 2.45) is 0 Å². The average Bonchev–Trinajstić information content (AvgIpc) is 2.99. The standard InChI is InChI=1S/C33H40Cl2N4O3/c1-24-17-25(2)19-27(18-24)33(42)38-15-16-39(30(23-38)10-6-9-28(35)21-34)32(41)22-36-29-11-13-37(14-12-29)31(40)20-26-7-4-3-5-8-26/h3-10,17-19,29-30,36H,11-16,20-23H2,1-2H3/b10-6+,28-9+. The molecule has 2 fully saturated rings. The Morgan fingerprint density at radius 1 is 0.929 bits per heavy atom. The number of carbonyl (C=O) groups excluding carboxylic acids is 3. The Bertz CT molecular complexity index is 1290. The first-order chi connectivity index (χ1) is 20.2. The Kier molecular flexibility index (Phi) is 11.6. The number of piperazine rings is 1. The molecule has 2 aliphatic heterocycles. The average molecular weight is 612 g/mol. The lowest BCUT2D eigenvalue weighted by molar-refractivity contribution is -0.134. The van der Waals surface area contributed by atoms with Crippen LogP contribution in [0.5, 0.6) is 0 Å². The molecule has 1 N–H and O–H groups in total. The number of allylic oxidation sites excluding steroid dienone is 3. The lowest BCUT2D eigenvalue weighted by Gasteiger charge is -2.41. The van der Waals surface area contributed by atoms with Crippen LogP contribution in [0.25, 0.3) is 0 Å². The Morgan fingerprint density at radius 3 is 2.29 bits per heavy atom. The van der Waals surface area contributed by atoms with E-state index in [1.54, 1.807) is 12.2 Å². The second kappa shape index (κ2) is 15.4. The molecule has 2 aromatic rings. The molecule has 224 valence electrons. The summed E-state index contributed by atoms with van der Waals surface area (Å²) in [6.45, 7) is 6.81. The van der Waals surface area contributed by atoms with Crippen molar-refractivity contribution in [3.8, 4) is 0 Å². The topological polar surface area (TPSA) is 73.0 Å². The first-order valence-corrected chi connectivity index (χ1v) is 15.5. The van der Waals surface area contributed by atoms with Crippen LogP contribution in [0, 0.1) is 13.8 Å². The minimum Gasteiger partial charge on any atom is -0.342 e. The van der Waals surface area contributed by atoms with Crippen LogP contribution in [0.1, 0.15) is 39.9 Å². The van der Waals surface area contributed by atoms with Gasteiger partial charge in [-0.25, -0.2) is 0 Å². The van der Waals surface area contributed by atoms with Gasteiger partial charge in [0.05, 0.1) is 24.9 Å². The van der Waals surface area contributed by atoms with Crippen LogP contribution in [0.3, 0.4) is 0 Å². The van der Waals surface area contributed by atoms with E-state index in [0.29, 0.717) is 49.7 Å². The van der Waals surface area contributed by atoms with Crippen molar-refractivity contribution in [2.75, 3.05) is 45.1 Å². The van der Waals surface area contributed by atoms with E-state index in [9.17, 15) is 14.4 Å². The van der Waals surface area contributed by atoms with Gasteiger partial charge in [-0.3, -0.25) is 14.4 Å². The molecule has 0 aromatic heterocycles. The number of piperidine rings is 1. The highest BCUT2D eigenvalue weighted by Gasteiger charge is 2.32. The molecule has 0 bridgehead atoms. The van der Waals surface area contributed by atoms with E-state index in [1.807, 2.05) is 83.2 Å². The van der Waals surface area contributed by atoms with Crippen molar-refractivity contribution in [3.63, 3.8) is 0 Å². The first-order valence-electron chi connectivity index (χ1n) is 14.5. The number of nitrogens with one attached hydrogen (secondary N) is 1. The number of carbonyl (C=O) groups is 3. The molecule has 2 heterocycles. The summed E-state index contributed by atoms with van der Waals surface area (Å²) < 4.78 is 0. The molecule has 2 aromatic carbocycles. The molecule has 4 rings (SSSR count). The molecule has 1 unspecified atom stereocenters. The summed E-state index contributed by atoms with van der Waals surface area (Å²) in [5.74, 6) is 0.297. The minimum absolute atomic E-state index is 0.0156. The molecular formula is C33H40Cl2N4O3. The van der Waals surface area contributed by atoms with Gasteiger partial charge in [0.2, 0.25) is 11.8 Å². The summed E-state index contributed by atoms with van der Waals surface area (Å²) in [6, 6.07) is 15.5. The third kappa shape index (κ3) is 8.93. The molecular weight excluding hydrogens is 571 g/mol. The van der Waals surface area contributed by atoms with Gasteiger partial charge in [-0.15, -0.1) is 11.6 Å². The SMILES string of the molecule is Cc1cc(C)cc(C(=O)N2CCN(C(=O)CNC3CCN(C(=O)Cc4ccccc4)CC3)C(/C=C/C=C(/Cl)CCl)C2)c1. The van der Waals surface area contributed by atoms with Crippen molar-refractivity contribution in [2.45, 2.75) is 45.2 Å². The van der Waals surface area contributed by atoms with Crippen molar-refractivity contribution in [3.05, 3.63) is 94.0 Å². The smallest absolute Gasteiger partial charge is 0.254 e. The minimum atomic E-state index is -0.295. The molecule has 9 heteroatoms. The van der Waals surface area contributed by atoms with E-state index in [0.717, 1.165) is 29.5 Å². The quantitative estimate of drug-likeness (QED) is 0.330. The number of alkyl halides is 1. The van der Waals surface area contributed by atoms with Gasteiger partial charge >= 0.3 is 0 Å². The van der Waals surface area contributed by atoms with E-state index in [2.05, 4.69) is 5.32 Å². The van der Waals surface area contributed by atoms with Gasteiger partial charge in [-0.2, -0.15) is 0 Å². The largest absolute Gasteiger partial charge is 0.342 e. The Labute approximate surface area is 259 Å². The zero-order valence-electron chi connectivity index (χ0n) is 24.4. The summed E-state index contributed by atoms with van der Waals surface area (Å²) in [5, 5.41) is 3.92. The second-order valence-corrected chi connectivity index (χ2v) is 11.9. The number of likely N-dealkylation sites (tertiary alicyclic amines) is 1. The van der Waals surface area contributed by atoms with E-state index in [4.69, 9.17) is 23.2 Å². The van der Waals surface area contributed by atoms with Gasteiger partial charge < -0.3 is 20.0 Å². The summed E-state index contributed by atoms with van der Waals surface area (Å²) in [7, 11) is 0. The fourth-order valence-corrected chi connectivity index (χ4v) is 5.79. The number of hydrogen-bond acceptors (Lipinski definition) is 4. The van der Waals surface area contributed by atoms with Crippen molar-refractivity contribution < 1.29 is 14.4 Å². The summed E-state index contributed by atoms with van der Waals surface area (Å²) >= 11 is 11.9. The lowest BCUT2D eigenvalue weighted by atomic mass is 10.0. The Morgan fingerprint density at radius 2 is 1.62 bits per heavy atom. The maximum atomic E-state index is 13.4. The molecule has 0 spiro atoms. The maximum absolute atomic E-state index is 13.4. The first kappa shape index (κ1) is 31.8. The van der Waals surface area contributed by atoms with Gasteiger partial charge in [0.25, 0.3) is 5.91 Å². The molecule has 42 heavy (non-hydrogen) atoms. The number of nitrogens with zero attached hydrogens (tertiary/aromatic N) is 3. The van der Waals surface area contributed by atoms with E-state index >= 15 is 0 Å². The van der Waals surface area contributed by atoms with Crippen LogP contribution in [0.2, 0.25) is 0 Å². The number of rotatable bonds is 9. The van der Waals surface area contributed by atoms with Gasteiger partial charge in [0.15, 0.2) is 0 Å². The van der Waals surface area contributed by atoms with Crippen LogP contribution in [-0.2, 0) is 16.0 Å². The number of hydrogen-bond donors (Lipinski definition) is 1. The maximum Gasteiger partial charge on any atom is 0.254 e. The van der Waals surface area contributed by atoms with Gasteiger partial charge in [0, 0.05) is 49.4 Å².